The Bertz CT molecular complexity index is 714. The third-order valence-corrected chi connectivity index (χ3v) is 5.21. The molecule has 2 rings (SSSR count). The molecule has 0 radical (unpaired) electrons. The van der Waals surface area contributed by atoms with Crippen LogP contribution >= 0.6 is 0 Å². The smallest absolute Gasteiger partial charge is 0.331 e. The minimum atomic E-state index is -0.834. The number of esters is 1. The van der Waals surface area contributed by atoms with E-state index < -0.39 is 12.1 Å². The third-order valence-electron chi connectivity index (χ3n) is 5.21. The molecule has 0 N–H and O–H groups in total. The van der Waals surface area contributed by atoms with Crippen LogP contribution in [0.4, 0.5) is 0 Å². The van der Waals surface area contributed by atoms with Gasteiger partial charge in [0.15, 0.2) is 17.6 Å². The standard InChI is InChI=1S/C22H31NO6/c1-15(22(25)23(2)17-9-7-6-8-10-17)29-20(24)12-11-16-13-18(26-3)21(28-5)19(14-16)27-4/h11-15,17H,6-10H2,1-5H3/b12-11+/t15-/m0/s1. The van der Waals surface area contributed by atoms with Crippen LogP contribution in [-0.2, 0) is 14.3 Å². The van der Waals surface area contributed by atoms with E-state index in [-0.39, 0.29) is 11.9 Å². The van der Waals surface area contributed by atoms with Crippen molar-refractivity contribution < 1.29 is 28.5 Å². The number of benzene rings is 1. The number of ether oxygens (including phenoxy) is 4. The van der Waals surface area contributed by atoms with Gasteiger partial charge in [-0.25, -0.2) is 4.79 Å². The average molecular weight is 405 g/mol. The molecule has 0 saturated heterocycles. The van der Waals surface area contributed by atoms with Crippen LogP contribution in [0, 0.1) is 0 Å². The first-order valence-corrected chi connectivity index (χ1v) is 9.86. The van der Waals surface area contributed by atoms with Crippen molar-refractivity contribution in [3.05, 3.63) is 23.8 Å². The zero-order valence-electron chi connectivity index (χ0n) is 17.9. The highest BCUT2D eigenvalue weighted by Crippen LogP contribution is 2.38. The van der Waals surface area contributed by atoms with Crippen LogP contribution in [0.2, 0.25) is 0 Å². The summed E-state index contributed by atoms with van der Waals surface area (Å²) in [7, 11) is 6.36. The highest BCUT2D eigenvalue weighted by Gasteiger charge is 2.27. The fourth-order valence-electron chi connectivity index (χ4n) is 3.56. The number of likely N-dealkylation sites (N-methyl/N-ethyl adjacent to an activating group) is 1. The molecule has 1 fully saturated rings. The van der Waals surface area contributed by atoms with E-state index in [0.29, 0.717) is 22.8 Å². The summed E-state index contributed by atoms with van der Waals surface area (Å²) < 4.78 is 21.2. The summed E-state index contributed by atoms with van der Waals surface area (Å²) >= 11 is 0. The molecule has 1 aliphatic carbocycles. The summed E-state index contributed by atoms with van der Waals surface area (Å²) in [6, 6.07) is 3.67. The van der Waals surface area contributed by atoms with Gasteiger partial charge in [-0.05, 0) is 43.5 Å². The number of nitrogens with zero attached hydrogens (tertiary/aromatic N) is 1. The number of hydrogen-bond donors (Lipinski definition) is 0. The van der Waals surface area contributed by atoms with Gasteiger partial charge in [0.1, 0.15) is 0 Å². The monoisotopic (exact) mass is 405 g/mol. The lowest BCUT2D eigenvalue weighted by atomic mass is 9.94. The molecule has 160 valence electrons. The van der Waals surface area contributed by atoms with Crippen molar-refractivity contribution in [3.63, 3.8) is 0 Å². The molecule has 0 heterocycles. The summed E-state index contributed by atoms with van der Waals surface area (Å²) in [5, 5.41) is 0. The maximum Gasteiger partial charge on any atom is 0.331 e. The Morgan fingerprint density at radius 1 is 1.03 bits per heavy atom. The van der Waals surface area contributed by atoms with Crippen molar-refractivity contribution >= 4 is 18.0 Å². The van der Waals surface area contributed by atoms with E-state index in [9.17, 15) is 9.59 Å². The van der Waals surface area contributed by atoms with Crippen molar-refractivity contribution in [2.24, 2.45) is 0 Å². The number of carbonyl (C=O) groups excluding carboxylic acids is 2. The van der Waals surface area contributed by atoms with Crippen LogP contribution in [0.1, 0.15) is 44.6 Å². The minimum absolute atomic E-state index is 0.175. The van der Waals surface area contributed by atoms with Gasteiger partial charge in [0.25, 0.3) is 5.91 Å². The van der Waals surface area contributed by atoms with Gasteiger partial charge in [-0.2, -0.15) is 0 Å². The molecule has 1 amide bonds. The van der Waals surface area contributed by atoms with E-state index in [2.05, 4.69) is 0 Å². The zero-order chi connectivity index (χ0) is 21.4. The molecule has 1 aromatic rings. The van der Waals surface area contributed by atoms with Gasteiger partial charge in [0.05, 0.1) is 21.3 Å². The van der Waals surface area contributed by atoms with E-state index in [4.69, 9.17) is 18.9 Å². The van der Waals surface area contributed by atoms with Crippen molar-refractivity contribution in [2.45, 2.75) is 51.2 Å². The Balaban J connectivity index is 2.00. The van der Waals surface area contributed by atoms with E-state index in [1.165, 1.54) is 33.8 Å². The van der Waals surface area contributed by atoms with Gasteiger partial charge in [-0.1, -0.05) is 19.3 Å². The first kappa shape index (κ1) is 22.6. The molecule has 0 aliphatic heterocycles. The molecular weight excluding hydrogens is 374 g/mol. The second-order valence-electron chi connectivity index (χ2n) is 7.11. The summed E-state index contributed by atoms with van der Waals surface area (Å²) in [5.41, 5.74) is 0.676. The molecule has 1 atom stereocenters. The highest BCUT2D eigenvalue weighted by atomic mass is 16.5. The molecule has 1 aliphatic rings. The predicted molar refractivity (Wildman–Crippen MR) is 110 cm³/mol. The normalized spacial score (nSPS) is 15.6. The molecule has 0 unspecified atom stereocenters. The fourth-order valence-corrected chi connectivity index (χ4v) is 3.56. The Labute approximate surface area is 172 Å². The van der Waals surface area contributed by atoms with Crippen molar-refractivity contribution in [1.82, 2.24) is 4.90 Å². The Morgan fingerprint density at radius 3 is 2.14 bits per heavy atom. The molecule has 7 heteroatoms. The SMILES string of the molecule is COc1cc(/C=C/C(=O)O[C@@H](C)C(=O)N(C)C2CCCCC2)cc(OC)c1OC. The maximum atomic E-state index is 12.6. The van der Waals surface area contributed by atoms with E-state index in [0.717, 1.165) is 25.7 Å². The molecule has 1 aromatic carbocycles. The molecule has 0 spiro atoms. The van der Waals surface area contributed by atoms with Gasteiger partial charge < -0.3 is 23.8 Å². The number of rotatable bonds is 8. The van der Waals surface area contributed by atoms with Crippen LogP contribution < -0.4 is 14.2 Å². The minimum Gasteiger partial charge on any atom is -0.493 e. The first-order chi connectivity index (χ1) is 13.9. The van der Waals surface area contributed by atoms with Gasteiger partial charge in [0.2, 0.25) is 5.75 Å². The van der Waals surface area contributed by atoms with E-state index in [1.807, 2.05) is 0 Å². The number of carbonyl (C=O) groups is 2. The lowest BCUT2D eigenvalue weighted by molar-refractivity contribution is -0.156. The van der Waals surface area contributed by atoms with Crippen molar-refractivity contribution in [1.29, 1.82) is 0 Å². The number of amides is 1. The van der Waals surface area contributed by atoms with Crippen LogP contribution in [0.25, 0.3) is 6.08 Å². The fraction of sp³-hybridized carbons (Fsp3) is 0.545. The van der Waals surface area contributed by atoms with Crippen LogP contribution in [0.5, 0.6) is 17.2 Å². The molecule has 0 aromatic heterocycles. The summed E-state index contributed by atoms with van der Waals surface area (Å²) in [6.45, 7) is 1.60. The summed E-state index contributed by atoms with van der Waals surface area (Å²) in [6.07, 6.45) is 7.52. The second-order valence-corrected chi connectivity index (χ2v) is 7.11. The van der Waals surface area contributed by atoms with E-state index in [1.54, 1.807) is 37.1 Å². The second kappa shape index (κ2) is 10.7. The maximum absolute atomic E-state index is 12.6. The summed E-state index contributed by atoms with van der Waals surface area (Å²) in [4.78, 5) is 26.5. The molecule has 29 heavy (non-hydrogen) atoms. The van der Waals surface area contributed by atoms with Gasteiger partial charge in [0, 0.05) is 19.2 Å². The van der Waals surface area contributed by atoms with Gasteiger partial charge in [-0.15, -0.1) is 0 Å². The molecule has 7 nitrogen and oxygen atoms in total. The van der Waals surface area contributed by atoms with Crippen LogP contribution in [0.15, 0.2) is 18.2 Å². The zero-order valence-corrected chi connectivity index (χ0v) is 17.9. The summed E-state index contributed by atoms with van der Waals surface area (Å²) in [5.74, 6) is 0.679. The quantitative estimate of drug-likeness (QED) is 0.487. The van der Waals surface area contributed by atoms with Crippen molar-refractivity contribution in [3.8, 4) is 17.2 Å². The Kier molecular flexibility index (Phi) is 8.36. The van der Waals surface area contributed by atoms with Crippen molar-refractivity contribution in [2.75, 3.05) is 28.4 Å². The van der Waals surface area contributed by atoms with E-state index >= 15 is 0 Å². The number of methoxy groups -OCH3 is 3. The lowest BCUT2D eigenvalue weighted by Gasteiger charge is -2.32. The van der Waals surface area contributed by atoms with Crippen LogP contribution in [-0.4, -0.2) is 57.3 Å². The lowest BCUT2D eigenvalue weighted by Crippen LogP contribution is -2.44. The predicted octanol–water partition coefficient (Wildman–Crippen LogP) is 3.45. The highest BCUT2D eigenvalue weighted by molar-refractivity contribution is 5.90. The molecule has 0 bridgehead atoms. The Morgan fingerprint density at radius 2 is 1.62 bits per heavy atom. The largest absolute Gasteiger partial charge is 0.493 e. The molecule has 1 saturated carbocycles. The third kappa shape index (κ3) is 5.89. The first-order valence-electron chi connectivity index (χ1n) is 9.86. The Hall–Kier alpha value is -2.70. The topological polar surface area (TPSA) is 74.3 Å². The average Bonchev–Trinajstić information content (AvgIpc) is 2.76. The van der Waals surface area contributed by atoms with Gasteiger partial charge >= 0.3 is 5.97 Å². The van der Waals surface area contributed by atoms with Crippen LogP contribution in [0.3, 0.4) is 0 Å². The van der Waals surface area contributed by atoms with Gasteiger partial charge in [-0.3, -0.25) is 4.79 Å². The molecular formula is C22H31NO6. The number of hydrogen-bond acceptors (Lipinski definition) is 6.